The topological polar surface area (TPSA) is 41.3 Å². The van der Waals surface area contributed by atoms with Crippen LogP contribution in [-0.4, -0.2) is 42.6 Å². The van der Waals surface area contributed by atoms with E-state index in [1.54, 1.807) is 6.26 Å². The van der Waals surface area contributed by atoms with E-state index in [1.807, 2.05) is 6.92 Å². The quantitative estimate of drug-likeness (QED) is 0.924. The van der Waals surface area contributed by atoms with Crippen molar-refractivity contribution < 1.29 is 4.42 Å². The van der Waals surface area contributed by atoms with E-state index >= 15 is 0 Å². The molecule has 1 fully saturated rings. The van der Waals surface area contributed by atoms with E-state index in [0.29, 0.717) is 5.89 Å². The summed E-state index contributed by atoms with van der Waals surface area (Å²) in [4.78, 5) is 6.86. The molecule has 0 amide bonds. The number of hydrogen-bond acceptors (Lipinski definition) is 4. The molecule has 4 heteroatoms. The molecule has 0 unspecified atom stereocenters. The van der Waals surface area contributed by atoms with Crippen LogP contribution >= 0.6 is 0 Å². The van der Waals surface area contributed by atoms with Crippen molar-refractivity contribution in [2.24, 2.45) is 0 Å². The lowest BCUT2D eigenvalue weighted by Gasteiger charge is -2.27. The molecule has 1 aliphatic heterocycles. The van der Waals surface area contributed by atoms with Gasteiger partial charge in [-0.15, -0.1) is 0 Å². The molecule has 1 aliphatic rings. The molecule has 2 aromatic rings. The van der Waals surface area contributed by atoms with Crippen molar-refractivity contribution in [2.45, 2.75) is 13.3 Å². The van der Waals surface area contributed by atoms with Gasteiger partial charge in [-0.2, -0.15) is 0 Å². The number of oxazole rings is 1. The van der Waals surface area contributed by atoms with Gasteiger partial charge >= 0.3 is 0 Å². The third-order valence-corrected chi connectivity index (χ3v) is 3.75. The Morgan fingerprint density at radius 2 is 1.95 bits per heavy atom. The van der Waals surface area contributed by atoms with Crippen molar-refractivity contribution in [1.29, 1.82) is 0 Å². The molecule has 1 N–H and O–H groups in total. The van der Waals surface area contributed by atoms with Crippen LogP contribution in [0.15, 0.2) is 34.9 Å². The second kappa shape index (κ2) is 6.20. The molecule has 0 spiro atoms. The molecule has 1 aromatic carbocycles. The van der Waals surface area contributed by atoms with Gasteiger partial charge < -0.3 is 14.6 Å². The van der Waals surface area contributed by atoms with Crippen molar-refractivity contribution in [3.8, 4) is 11.5 Å². The first kappa shape index (κ1) is 13.3. The third kappa shape index (κ3) is 3.26. The van der Waals surface area contributed by atoms with Crippen LogP contribution in [-0.2, 0) is 6.42 Å². The molecule has 0 atom stereocenters. The molecule has 3 rings (SSSR count). The largest absolute Gasteiger partial charge is 0.444 e. The number of aromatic nitrogens is 1. The summed E-state index contributed by atoms with van der Waals surface area (Å²) in [6.45, 7) is 7.63. The summed E-state index contributed by atoms with van der Waals surface area (Å²) in [6.07, 6.45) is 2.79. The van der Waals surface area contributed by atoms with Crippen molar-refractivity contribution in [3.63, 3.8) is 0 Å². The van der Waals surface area contributed by atoms with Gasteiger partial charge in [0.05, 0.1) is 5.69 Å². The zero-order chi connectivity index (χ0) is 13.8. The smallest absolute Gasteiger partial charge is 0.226 e. The standard InChI is InChI=1S/C16H21N3O/c1-13-12-20-16(18-13)15-4-2-14(3-5-15)6-9-19-10-7-17-8-11-19/h2-5,12,17H,6-11H2,1H3. The summed E-state index contributed by atoms with van der Waals surface area (Å²) in [5.41, 5.74) is 3.34. The molecule has 1 aromatic heterocycles. The highest BCUT2D eigenvalue weighted by Gasteiger charge is 2.09. The molecule has 4 nitrogen and oxygen atoms in total. The van der Waals surface area contributed by atoms with E-state index in [2.05, 4.69) is 39.5 Å². The minimum Gasteiger partial charge on any atom is -0.444 e. The fourth-order valence-electron chi connectivity index (χ4n) is 2.52. The van der Waals surface area contributed by atoms with Crippen LogP contribution in [0.5, 0.6) is 0 Å². The van der Waals surface area contributed by atoms with Crippen LogP contribution in [0.3, 0.4) is 0 Å². The summed E-state index contributed by atoms with van der Waals surface area (Å²) in [5, 5.41) is 3.38. The van der Waals surface area contributed by atoms with Crippen LogP contribution < -0.4 is 5.32 Å². The number of nitrogens with one attached hydrogen (secondary N) is 1. The average molecular weight is 271 g/mol. The van der Waals surface area contributed by atoms with Gasteiger partial charge in [0, 0.05) is 38.3 Å². The first-order chi connectivity index (χ1) is 9.81. The third-order valence-electron chi connectivity index (χ3n) is 3.75. The summed E-state index contributed by atoms with van der Waals surface area (Å²) in [7, 11) is 0. The van der Waals surface area contributed by atoms with Gasteiger partial charge in [0.15, 0.2) is 0 Å². The molecule has 106 valence electrons. The number of benzene rings is 1. The monoisotopic (exact) mass is 271 g/mol. The molecular formula is C16H21N3O. The van der Waals surface area contributed by atoms with E-state index in [0.717, 1.165) is 50.4 Å². The number of hydrogen-bond donors (Lipinski definition) is 1. The fourth-order valence-corrected chi connectivity index (χ4v) is 2.52. The highest BCUT2D eigenvalue weighted by atomic mass is 16.3. The zero-order valence-corrected chi connectivity index (χ0v) is 11.9. The predicted molar refractivity (Wildman–Crippen MR) is 79.7 cm³/mol. The first-order valence-electron chi connectivity index (χ1n) is 7.26. The van der Waals surface area contributed by atoms with Crippen molar-refractivity contribution in [3.05, 3.63) is 41.8 Å². The van der Waals surface area contributed by atoms with Gasteiger partial charge in [0.25, 0.3) is 0 Å². The number of piperazine rings is 1. The highest BCUT2D eigenvalue weighted by Crippen LogP contribution is 2.19. The Kier molecular flexibility index (Phi) is 4.14. The van der Waals surface area contributed by atoms with Crippen molar-refractivity contribution in [2.75, 3.05) is 32.7 Å². The zero-order valence-electron chi connectivity index (χ0n) is 11.9. The summed E-state index contributed by atoms with van der Waals surface area (Å²) >= 11 is 0. The van der Waals surface area contributed by atoms with Crippen LogP contribution in [0.4, 0.5) is 0 Å². The van der Waals surface area contributed by atoms with Crippen LogP contribution in [0, 0.1) is 6.92 Å². The highest BCUT2D eigenvalue weighted by molar-refractivity contribution is 5.53. The van der Waals surface area contributed by atoms with E-state index in [4.69, 9.17) is 4.42 Å². The molecule has 0 saturated carbocycles. The maximum Gasteiger partial charge on any atom is 0.226 e. The molecular weight excluding hydrogens is 250 g/mol. The minimum atomic E-state index is 0.705. The van der Waals surface area contributed by atoms with Gasteiger partial charge in [-0.25, -0.2) is 4.98 Å². The van der Waals surface area contributed by atoms with E-state index in [1.165, 1.54) is 5.56 Å². The molecule has 1 saturated heterocycles. The van der Waals surface area contributed by atoms with Crippen LogP contribution in [0.2, 0.25) is 0 Å². The Morgan fingerprint density at radius 3 is 2.60 bits per heavy atom. The summed E-state index contributed by atoms with van der Waals surface area (Å²) in [5.74, 6) is 0.705. The molecule has 0 bridgehead atoms. The van der Waals surface area contributed by atoms with Gasteiger partial charge in [-0.05, 0) is 31.0 Å². The Hall–Kier alpha value is -1.65. The van der Waals surface area contributed by atoms with Crippen molar-refractivity contribution >= 4 is 0 Å². The van der Waals surface area contributed by atoms with Crippen LogP contribution in [0.25, 0.3) is 11.5 Å². The number of rotatable bonds is 4. The summed E-state index contributed by atoms with van der Waals surface area (Å²) in [6, 6.07) is 8.55. The van der Waals surface area contributed by atoms with E-state index in [-0.39, 0.29) is 0 Å². The normalized spacial score (nSPS) is 16.4. The Bertz CT molecular complexity index is 541. The maximum atomic E-state index is 5.42. The van der Waals surface area contributed by atoms with Gasteiger partial charge in [0.2, 0.25) is 5.89 Å². The predicted octanol–water partition coefficient (Wildman–Crippen LogP) is 2.10. The Morgan fingerprint density at radius 1 is 1.20 bits per heavy atom. The SMILES string of the molecule is Cc1coc(-c2ccc(CCN3CCNCC3)cc2)n1. The van der Waals surface area contributed by atoms with Crippen molar-refractivity contribution in [1.82, 2.24) is 15.2 Å². The second-order valence-electron chi connectivity index (χ2n) is 5.33. The lowest BCUT2D eigenvalue weighted by Crippen LogP contribution is -2.44. The van der Waals surface area contributed by atoms with E-state index in [9.17, 15) is 0 Å². The Labute approximate surface area is 119 Å². The minimum absolute atomic E-state index is 0.705. The maximum absolute atomic E-state index is 5.42. The van der Waals surface area contributed by atoms with Gasteiger partial charge in [-0.1, -0.05) is 12.1 Å². The van der Waals surface area contributed by atoms with Gasteiger partial charge in [0.1, 0.15) is 6.26 Å². The molecule has 0 radical (unpaired) electrons. The number of aryl methyl sites for hydroxylation is 1. The first-order valence-corrected chi connectivity index (χ1v) is 7.26. The number of nitrogens with zero attached hydrogens (tertiary/aromatic N) is 2. The van der Waals surface area contributed by atoms with E-state index < -0.39 is 0 Å². The molecule has 20 heavy (non-hydrogen) atoms. The summed E-state index contributed by atoms with van der Waals surface area (Å²) < 4.78 is 5.42. The second-order valence-corrected chi connectivity index (χ2v) is 5.33. The average Bonchev–Trinajstić information content (AvgIpc) is 2.93. The molecule has 0 aliphatic carbocycles. The molecule has 2 heterocycles. The lowest BCUT2D eigenvalue weighted by molar-refractivity contribution is 0.244. The fraction of sp³-hybridized carbons (Fsp3) is 0.438. The van der Waals surface area contributed by atoms with Crippen LogP contribution in [0.1, 0.15) is 11.3 Å². The van der Waals surface area contributed by atoms with Gasteiger partial charge in [-0.3, -0.25) is 0 Å². The Balaban J connectivity index is 1.58. The lowest BCUT2D eigenvalue weighted by atomic mass is 10.1.